The summed E-state index contributed by atoms with van der Waals surface area (Å²) in [5.41, 5.74) is 0. The second-order valence-electron chi connectivity index (χ2n) is 16.8. The van der Waals surface area contributed by atoms with E-state index < -0.39 is 6.10 Å². The molecule has 0 N–H and O–H groups in total. The van der Waals surface area contributed by atoms with Crippen LogP contribution in [0.2, 0.25) is 0 Å². The van der Waals surface area contributed by atoms with E-state index in [1.54, 1.807) is 0 Å². The molecule has 0 radical (unpaired) electrons. The largest absolute Gasteiger partial charge is 0.462 e. The van der Waals surface area contributed by atoms with Crippen molar-refractivity contribution in [2.24, 2.45) is 11.8 Å². The van der Waals surface area contributed by atoms with Crippen molar-refractivity contribution in [3.05, 3.63) is 0 Å². The molecule has 0 fully saturated rings. The van der Waals surface area contributed by atoms with E-state index in [0.29, 0.717) is 19.3 Å². The van der Waals surface area contributed by atoms with E-state index in [1.165, 1.54) is 141 Å². The van der Waals surface area contributed by atoms with E-state index in [9.17, 15) is 14.4 Å². The minimum atomic E-state index is -0.759. The Morgan fingerprint density at radius 3 is 1.08 bits per heavy atom. The van der Waals surface area contributed by atoms with Crippen molar-refractivity contribution >= 4 is 17.9 Å². The fraction of sp³-hybridized carbons (Fsp3) is 0.936. The maximum atomic E-state index is 12.6. The number of carbonyl (C=O) groups is 3. The first-order valence-electron chi connectivity index (χ1n) is 23.3. The van der Waals surface area contributed by atoms with E-state index in [0.717, 1.165) is 69.6 Å². The van der Waals surface area contributed by atoms with Crippen LogP contribution in [0, 0.1) is 11.8 Å². The van der Waals surface area contributed by atoms with Gasteiger partial charge in [-0.15, -0.1) is 0 Å². The second kappa shape index (κ2) is 40.1. The topological polar surface area (TPSA) is 78.9 Å². The molecule has 1 unspecified atom stereocenters. The van der Waals surface area contributed by atoms with Gasteiger partial charge in [0.15, 0.2) is 6.10 Å². The van der Waals surface area contributed by atoms with Gasteiger partial charge in [-0.25, -0.2) is 0 Å². The molecule has 0 aromatic heterocycles. The SMILES string of the molecule is CCCCCCCCCC(=O)O[C@@H](COC(=O)CCCCCCCCCCCCCCCC(C)C)COC(=O)CCCCCCCCCCC(C)CC. The van der Waals surface area contributed by atoms with Gasteiger partial charge in [-0.1, -0.05) is 214 Å². The maximum absolute atomic E-state index is 12.6. The van der Waals surface area contributed by atoms with Crippen LogP contribution in [0.5, 0.6) is 0 Å². The highest BCUT2D eigenvalue weighted by Gasteiger charge is 2.19. The van der Waals surface area contributed by atoms with E-state index in [-0.39, 0.29) is 31.1 Å². The summed E-state index contributed by atoms with van der Waals surface area (Å²) in [4.78, 5) is 37.6. The molecule has 0 aliphatic heterocycles. The van der Waals surface area contributed by atoms with Crippen LogP contribution >= 0.6 is 0 Å². The van der Waals surface area contributed by atoms with Gasteiger partial charge in [0.25, 0.3) is 0 Å². The zero-order valence-corrected chi connectivity index (χ0v) is 36.1. The van der Waals surface area contributed by atoms with Crippen LogP contribution in [0.3, 0.4) is 0 Å². The molecular weight excluding hydrogens is 661 g/mol. The Kier molecular flexibility index (Phi) is 38.9. The van der Waals surface area contributed by atoms with Crippen molar-refractivity contribution in [1.82, 2.24) is 0 Å². The van der Waals surface area contributed by atoms with Crippen molar-refractivity contribution in [2.75, 3.05) is 13.2 Å². The van der Waals surface area contributed by atoms with Gasteiger partial charge in [-0.3, -0.25) is 14.4 Å². The molecule has 0 saturated carbocycles. The van der Waals surface area contributed by atoms with Crippen LogP contribution in [0.4, 0.5) is 0 Å². The number of hydrogen-bond donors (Lipinski definition) is 0. The van der Waals surface area contributed by atoms with Crippen LogP contribution in [0.15, 0.2) is 0 Å². The molecule has 53 heavy (non-hydrogen) atoms. The van der Waals surface area contributed by atoms with Crippen molar-refractivity contribution in [2.45, 2.75) is 259 Å². The molecule has 2 atom stereocenters. The summed E-state index contributed by atoms with van der Waals surface area (Å²) in [5, 5.41) is 0. The summed E-state index contributed by atoms with van der Waals surface area (Å²) in [6.45, 7) is 11.3. The first-order chi connectivity index (χ1) is 25.8. The molecule has 0 spiro atoms. The van der Waals surface area contributed by atoms with Gasteiger partial charge in [-0.05, 0) is 31.1 Å². The van der Waals surface area contributed by atoms with Crippen LogP contribution < -0.4 is 0 Å². The van der Waals surface area contributed by atoms with Gasteiger partial charge in [-0.2, -0.15) is 0 Å². The molecule has 0 saturated heterocycles. The molecule has 0 aromatic rings. The van der Waals surface area contributed by atoms with E-state index in [2.05, 4.69) is 34.6 Å². The van der Waals surface area contributed by atoms with E-state index in [1.807, 2.05) is 0 Å². The Balaban J connectivity index is 4.22. The molecule has 0 bridgehead atoms. The molecular formula is C47H90O6. The second-order valence-corrected chi connectivity index (χ2v) is 16.8. The van der Waals surface area contributed by atoms with E-state index in [4.69, 9.17) is 14.2 Å². The number of ether oxygens (including phenoxy) is 3. The van der Waals surface area contributed by atoms with Crippen LogP contribution in [-0.4, -0.2) is 37.2 Å². The predicted octanol–water partition coefficient (Wildman–Crippen LogP) is 14.6. The highest BCUT2D eigenvalue weighted by atomic mass is 16.6. The fourth-order valence-electron chi connectivity index (χ4n) is 6.90. The average Bonchev–Trinajstić information content (AvgIpc) is 3.14. The van der Waals surface area contributed by atoms with Crippen molar-refractivity contribution < 1.29 is 28.6 Å². The number of esters is 3. The van der Waals surface area contributed by atoms with Crippen molar-refractivity contribution in [3.8, 4) is 0 Å². The highest BCUT2D eigenvalue weighted by Crippen LogP contribution is 2.17. The number of hydrogen-bond acceptors (Lipinski definition) is 6. The third-order valence-electron chi connectivity index (χ3n) is 10.8. The lowest BCUT2D eigenvalue weighted by molar-refractivity contribution is -0.167. The van der Waals surface area contributed by atoms with Gasteiger partial charge in [0.1, 0.15) is 13.2 Å². The molecule has 314 valence electrons. The molecule has 6 heteroatoms. The first kappa shape index (κ1) is 51.4. The monoisotopic (exact) mass is 751 g/mol. The van der Waals surface area contributed by atoms with Crippen LogP contribution in [0.25, 0.3) is 0 Å². The molecule has 0 aliphatic carbocycles. The summed E-state index contributed by atoms with van der Waals surface area (Å²) in [6.07, 6.45) is 38.1. The van der Waals surface area contributed by atoms with Crippen molar-refractivity contribution in [3.63, 3.8) is 0 Å². The highest BCUT2D eigenvalue weighted by molar-refractivity contribution is 5.71. The fourth-order valence-corrected chi connectivity index (χ4v) is 6.90. The molecule has 0 aromatic carbocycles. The van der Waals surface area contributed by atoms with Gasteiger partial charge in [0.05, 0.1) is 0 Å². The minimum absolute atomic E-state index is 0.0653. The smallest absolute Gasteiger partial charge is 0.306 e. The lowest BCUT2D eigenvalue weighted by Gasteiger charge is -2.18. The molecule has 0 amide bonds. The molecule has 6 nitrogen and oxygen atoms in total. The Bertz CT molecular complexity index is 811. The summed E-state index contributed by atoms with van der Waals surface area (Å²) >= 11 is 0. The van der Waals surface area contributed by atoms with Gasteiger partial charge < -0.3 is 14.2 Å². The van der Waals surface area contributed by atoms with Gasteiger partial charge in [0.2, 0.25) is 0 Å². The van der Waals surface area contributed by atoms with Gasteiger partial charge in [0, 0.05) is 19.3 Å². The standard InChI is InChI=1S/C47H90O6/c1-6-8-9-10-20-29-34-39-47(50)53-44(41-52-46(49)38-33-28-24-19-18-22-26-31-36-43(5)7-2)40-51-45(48)37-32-27-23-17-15-13-11-12-14-16-21-25-30-35-42(3)4/h42-44H,6-41H2,1-5H3/t43?,44-/m0/s1. The quantitative estimate of drug-likeness (QED) is 0.0352. The zero-order chi connectivity index (χ0) is 39.0. The van der Waals surface area contributed by atoms with E-state index >= 15 is 0 Å². The average molecular weight is 751 g/mol. The van der Waals surface area contributed by atoms with Crippen LogP contribution in [0.1, 0.15) is 253 Å². The third kappa shape index (κ3) is 39.9. The minimum Gasteiger partial charge on any atom is -0.462 e. The summed E-state index contributed by atoms with van der Waals surface area (Å²) in [5.74, 6) is 0.824. The normalized spacial score (nSPS) is 12.6. The van der Waals surface area contributed by atoms with Crippen molar-refractivity contribution in [1.29, 1.82) is 0 Å². The molecule has 0 heterocycles. The number of rotatable bonds is 41. The summed E-state index contributed by atoms with van der Waals surface area (Å²) < 4.78 is 16.7. The zero-order valence-electron chi connectivity index (χ0n) is 36.1. The van der Waals surface area contributed by atoms with Crippen LogP contribution in [-0.2, 0) is 28.6 Å². The number of carbonyl (C=O) groups excluding carboxylic acids is 3. The molecule has 0 rings (SSSR count). The predicted molar refractivity (Wildman–Crippen MR) is 224 cm³/mol. The molecule has 0 aliphatic rings. The lowest BCUT2D eigenvalue weighted by Crippen LogP contribution is -2.30. The summed E-state index contributed by atoms with van der Waals surface area (Å²) in [7, 11) is 0. The Morgan fingerprint density at radius 1 is 0.396 bits per heavy atom. The summed E-state index contributed by atoms with van der Waals surface area (Å²) in [6, 6.07) is 0. The first-order valence-corrected chi connectivity index (χ1v) is 23.3. The maximum Gasteiger partial charge on any atom is 0.306 e. The third-order valence-corrected chi connectivity index (χ3v) is 10.8. The Morgan fingerprint density at radius 2 is 0.717 bits per heavy atom. The Hall–Kier alpha value is -1.59. The lowest BCUT2D eigenvalue weighted by atomic mass is 9.99. The Labute approximate surface area is 329 Å². The van der Waals surface area contributed by atoms with Gasteiger partial charge >= 0.3 is 17.9 Å². The number of unbranched alkanes of at least 4 members (excludes halogenated alkanes) is 25.